The lowest BCUT2D eigenvalue weighted by Crippen LogP contribution is -2.39. The fourth-order valence-corrected chi connectivity index (χ4v) is 2.96. The Morgan fingerprint density at radius 1 is 1.30 bits per heavy atom. The Bertz CT molecular complexity index is 425. The van der Waals surface area contributed by atoms with Crippen LogP contribution in [-0.2, 0) is 4.74 Å². The zero-order valence-corrected chi connectivity index (χ0v) is 12.9. The molecular formula is C17H27NO2. The van der Waals surface area contributed by atoms with Gasteiger partial charge in [0.15, 0.2) is 0 Å². The number of nitrogens with zero attached hydrogens (tertiary/aromatic N) is 1. The predicted octanol–water partition coefficient (Wildman–Crippen LogP) is 2.84. The second kappa shape index (κ2) is 7.21. The van der Waals surface area contributed by atoms with E-state index in [1.54, 1.807) is 0 Å². The zero-order valence-electron chi connectivity index (χ0n) is 12.9. The van der Waals surface area contributed by atoms with Gasteiger partial charge in [-0.1, -0.05) is 23.8 Å². The quantitative estimate of drug-likeness (QED) is 0.898. The number of piperidine rings is 1. The smallest absolute Gasteiger partial charge is 0.0919 e. The second-order valence-corrected chi connectivity index (χ2v) is 5.83. The maximum absolute atomic E-state index is 10.5. The molecule has 1 aromatic rings. The first-order valence-corrected chi connectivity index (χ1v) is 7.69. The van der Waals surface area contributed by atoms with E-state index in [1.807, 2.05) is 0 Å². The van der Waals surface area contributed by atoms with Crippen LogP contribution in [0.1, 0.15) is 42.6 Å². The molecule has 1 N–H and O–H groups in total. The van der Waals surface area contributed by atoms with E-state index >= 15 is 0 Å². The van der Waals surface area contributed by atoms with Crippen molar-refractivity contribution in [1.82, 2.24) is 4.90 Å². The van der Waals surface area contributed by atoms with Gasteiger partial charge in [0.05, 0.1) is 12.2 Å². The van der Waals surface area contributed by atoms with Gasteiger partial charge in [0.25, 0.3) is 0 Å². The molecule has 0 aromatic heterocycles. The van der Waals surface area contributed by atoms with Crippen molar-refractivity contribution >= 4 is 0 Å². The molecule has 20 heavy (non-hydrogen) atoms. The highest BCUT2D eigenvalue weighted by atomic mass is 16.5. The van der Waals surface area contributed by atoms with Gasteiger partial charge in [-0.2, -0.15) is 0 Å². The molecule has 1 saturated heterocycles. The van der Waals surface area contributed by atoms with E-state index in [-0.39, 0.29) is 0 Å². The molecule has 0 aliphatic carbocycles. The number of β-amino-alcohol motifs (C(OH)–C–C–N with tert-alkyl or cyclic N) is 1. The first-order valence-electron chi connectivity index (χ1n) is 7.69. The van der Waals surface area contributed by atoms with Crippen molar-refractivity contribution in [2.24, 2.45) is 0 Å². The predicted molar refractivity (Wildman–Crippen MR) is 82.0 cm³/mol. The highest BCUT2D eigenvalue weighted by molar-refractivity contribution is 5.32. The molecule has 1 heterocycles. The van der Waals surface area contributed by atoms with Gasteiger partial charge in [-0.05, 0) is 44.7 Å². The van der Waals surface area contributed by atoms with Crippen molar-refractivity contribution in [3.05, 3.63) is 34.9 Å². The highest BCUT2D eigenvalue weighted by Gasteiger charge is 2.22. The third kappa shape index (κ3) is 4.05. The molecule has 1 atom stereocenters. The number of aliphatic hydroxyl groups excluding tert-OH is 1. The van der Waals surface area contributed by atoms with Crippen LogP contribution in [0.4, 0.5) is 0 Å². The number of hydrogen-bond donors (Lipinski definition) is 1. The standard InChI is InChI=1S/C17H27NO2/c1-4-20-15-7-9-18(10-8-15)12-17(19)16-11-13(2)5-6-14(16)3/h5-6,11,15,17,19H,4,7-10,12H2,1-3H3. The largest absolute Gasteiger partial charge is 0.387 e. The minimum absolute atomic E-state index is 0.390. The number of likely N-dealkylation sites (tertiary alicyclic amines) is 1. The maximum atomic E-state index is 10.5. The van der Waals surface area contributed by atoms with E-state index in [0.29, 0.717) is 6.10 Å². The molecule has 112 valence electrons. The van der Waals surface area contributed by atoms with E-state index in [4.69, 9.17) is 4.74 Å². The minimum Gasteiger partial charge on any atom is -0.387 e. The molecule has 0 spiro atoms. The molecule has 0 saturated carbocycles. The molecule has 0 bridgehead atoms. The topological polar surface area (TPSA) is 32.7 Å². The zero-order chi connectivity index (χ0) is 14.5. The fourth-order valence-electron chi connectivity index (χ4n) is 2.96. The Balaban J connectivity index is 1.89. The van der Waals surface area contributed by atoms with Crippen LogP contribution in [0.15, 0.2) is 18.2 Å². The van der Waals surface area contributed by atoms with Crippen LogP contribution in [0.25, 0.3) is 0 Å². The molecule has 1 aromatic carbocycles. The Morgan fingerprint density at radius 3 is 2.65 bits per heavy atom. The third-order valence-corrected chi connectivity index (χ3v) is 4.16. The molecule has 1 aliphatic heterocycles. The minimum atomic E-state index is -0.390. The van der Waals surface area contributed by atoms with E-state index in [1.165, 1.54) is 11.1 Å². The van der Waals surface area contributed by atoms with Crippen LogP contribution in [0.5, 0.6) is 0 Å². The number of ether oxygens (including phenoxy) is 1. The van der Waals surface area contributed by atoms with Crippen molar-refractivity contribution in [3.63, 3.8) is 0 Å². The molecule has 1 unspecified atom stereocenters. The van der Waals surface area contributed by atoms with Crippen molar-refractivity contribution in [1.29, 1.82) is 0 Å². The summed E-state index contributed by atoms with van der Waals surface area (Å²) in [5.74, 6) is 0. The average Bonchev–Trinajstić information content (AvgIpc) is 2.44. The lowest BCUT2D eigenvalue weighted by atomic mass is 9.99. The number of aliphatic hydroxyl groups is 1. The Morgan fingerprint density at radius 2 is 2.00 bits per heavy atom. The van der Waals surface area contributed by atoms with Crippen LogP contribution < -0.4 is 0 Å². The number of benzene rings is 1. The Kier molecular flexibility index (Phi) is 5.58. The molecule has 0 amide bonds. The van der Waals surface area contributed by atoms with E-state index < -0.39 is 6.10 Å². The molecule has 2 rings (SSSR count). The molecule has 1 aliphatic rings. The summed E-state index contributed by atoms with van der Waals surface area (Å²) >= 11 is 0. The van der Waals surface area contributed by atoms with Crippen molar-refractivity contribution in [3.8, 4) is 0 Å². The van der Waals surface area contributed by atoms with Gasteiger partial charge in [-0.25, -0.2) is 0 Å². The van der Waals surface area contributed by atoms with Crippen LogP contribution in [-0.4, -0.2) is 42.4 Å². The molecule has 3 heteroatoms. The monoisotopic (exact) mass is 277 g/mol. The van der Waals surface area contributed by atoms with Crippen molar-refractivity contribution in [2.75, 3.05) is 26.2 Å². The van der Waals surface area contributed by atoms with Crippen molar-refractivity contribution < 1.29 is 9.84 Å². The summed E-state index contributed by atoms with van der Waals surface area (Å²) in [5.41, 5.74) is 3.45. The number of aryl methyl sites for hydroxylation is 2. The Hall–Kier alpha value is -0.900. The molecule has 0 radical (unpaired) electrons. The normalized spacial score (nSPS) is 19.2. The maximum Gasteiger partial charge on any atom is 0.0919 e. The summed E-state index contributed by atoms with van der Waals surface area (Å²) in [6.45, 7) is 9.76. The van der Waals surface area contributed by atoms with Gasteiger partial charge >= 0.3 is 0 Å². The average molecular weight is 277 g/mol. The molecule has 1 fully saturated rings. The summed E-state index contributed by atoms with van der Waals surface area (Å²) in [7, 11) is 0. The summed E-state index contributed by atoms with van der Waals surface area (Å²) in [4.78, 5) is 2.35. The molecule has 3 nitrogen and oxygen atoms in total. The van der Waals surface area contributed by atoms with Gasteiger partial charge in [0.1, 0.15) is 0 Å². The summed E-state index contributed by atoms with van der Waals surface area (Å²) in [6.07, 6.45) is 2.17. The van der Waals surface area contributed by atoms with Gasteiger partial charge in [-0.15, -0.1) is 0 Å². The van der Waals surface area contributed by atoms with Crippen LogP contribution in [0, 0.1) is 13.8 Å². The highest BCUT2D eigenvalue weighted by Crippen LogP contribution is 2.22. The van der Waals surface area contributed by atoms with Gasteiger partial charge in [-0.3, -0.25) is 0 Å². The summed E-state index contributed by atoms with van der Waals surface area (Å²) in [5, 5.41) is 10.5. The first kappa shape index (κ1) is 15.5. The van der Waals surface area contributed by atoms with E-state index in [0.717, 1.165) is 44.6 Å². The Labute approximate surface area is 122 Å². The second-order valence-electron chi connectivity index (χ2n) is 5.83. The number of rotatable bonds is 5. The number of hydrogen-bond acceptors (Lipinski definition) is 3. The summed E-state index contributed by atoms with van der Waals surface area (Å²) in [6, 6.07) is 6.29. The fraction of sp³-hybridized carbons (Fsp3) is 0.647. The van der Waals surface area contributed by atoms with Crippen LogP contribution in [0.2, 0.25) is 0 Å². The van der Waals surface area contributed by atoms with Crippen LogP contribution >= 0.6 is 0 Å². The first-order chi connectivity index (χ1) is 9.60. The lowest BCUT2D eigenvalue weighted by molar-refractivity contribution is 0.00322. The third-order valence-electron chi connectivity index (χ3n) is 4.16. The van der Waals surface area contributed by atoms with E-state index in [9.17, 15) is 5.11 Å². The van der Waals surface area contributed by atoms with Gasteiger partial charge < -0.3 is 14.7 Å². The summed E-state index contributed by atoms with van der Waals surface area (Å²) < 4.78 is 5.67. The lowest BCUT2D eigenvalue weighted by Gasteiger charge is -2.33. The van der Waals surface area contributed by atoms with Gasteiger partial charge in [0, 0.05) is 26.2 Å². The molecular weight excluding hydrogens is 250 g/mol. The SMILES string of the molecule is CCOC1CCN(CC(O)c2cc(C)ccc2C)CC1. The van der Waals surface area contributed by atoms with Crippen LogP contribution in [0.3, 0.4) is 0 Å². The van der Waals surface area contributed by atoms with Gasteiger partial charge in [0.2, 0.25) is 0 Å². The van der Waals surface area contributed by atoms with Crippen molar-refractivity contribution in [2.45, 2.75) is 45.8 Å². The van der Waals surface area contributed by atoms with E-state index in [2.05, 4.69) is 43.9 Å².